The van der Waals surface area contributed by atoms with Gasteiger partial charge in [0.25, 0.3) is 0 Å². The lowest BCUT2D eigenvalue weighted by Crippen LogP contribution is -2.27. The van der Waals surface area contributed by atoms with Crippen molar-refractivity contribution >= 4 is 33.2 Å². The summed E-state index contributed by atoms with van der Waals surface area (Å²) in [6, 6.07) is 1.40. The van der Waals surface area contributed by atoms with E-state index < -0.39 is 11.8 Å². The number of aliphatic carboxylic acids is 1. The summed E-state index contributed by atoms with van der Waals surface area (Å²) >= 11 is 4.93. The maximum atomic E-state index is 13.4. The molecule has 2 heterocycles. The summed E-state index contributed by atoms with van der Waals surface area (Å²) in [7, 11) is 0. The molecule has 4 atom stereocenters. The second-order valence-corrected chi connectivity index (χ2v) is 8.67. The van der Waals surface area contributed by atoms with Crippen molar-refractivity contribution < 1.29 is 14.3 Å². The topological polar surface area (TPSA) is 63.1 Å². The molecule has 2 aliphatic rings. The van der Waals surface area contributed by atoms with Gasteiger partial charge in [-0.15, -0.1) is 11.3 Å². The standard InChI is InChI=1S/C16H14BrFN2O2S/c17-14-13(11-3-7-1-8(7)4-12(11)16(21)22)20-15(23-14)9-2-10(18)6-19-5-9/h2,5-8,11-12H,1,3-4H2,(H,21,22). The second-order valence-electron chi connectivity index (χ2n) is 6.35. The molecule has 1 N–H and O–H groups in total. The SMILES string of the molecule is O=C(O)C1CC2CC2CC1c1nc(-c2cncc(F)c2)sc1Br. The van der Waals surface area contributed by atoms with E-state index in [2.05, 4.69) is 25.9 Å². The number of aromatic nitrogens is 2. The van der Waals surface area contributed by atoms with E-state index in [1.54, 1.807) is 6.20 Å². The predicted molar refractivity (Wildman–Crippen MR) is 87.7 cm³/mol. The van der Waals surface area contributed by atoms with Gasteiger partial charge in [0, 0.05) is 17.7 Å². The lowest BCUT2D eigenvalue weighted by atomic mass is 9.78. The summed E-state index contributed by atoms with van der Waals surface area (Å²) in [6.45, 7) is 0. The van der Waals surface area contributed by atoms with Crippen molar-refractivity contribution in [2.45, 2.75) is 25.2 Å². The van der Waals surface area contributed by atoms with Gasteiger partial charge in [-0.05, 0) is 53.1 Å². The van der Waals surface area contributed by atoms with Crippen LogP contribution < -0.4 is 0 Å². The Morgan fingerprint density at radius 1 is 1.30 bits per heavy atom. The fourth-order valence-corrected chi connectivity index (χ4v) is 5.33. The van der Waals surface area contributed by atoms with Crippen LogP contribution in [-0.2, 0) is 4.79 Å². The zero-order valence-corrected chi connectivity index (χ0v) is 14.5. The molecule has 0 spiro atoms. The number of hydrogen-bond donors (Lipinski definition) is 1. The monoisotopic (exact) mass is 396 g/mol. The molecule has 4 unspecified atom stereocenters. The Balaban J connectivity index is 1.70. The minimum atomic E-state index is -0.741. The van der Waals surface area contributed by atoms with Crippen molar-refractivity contribution in [3.63, 3.8) is 0 Å². The third-order valence-electron chi connectivity index (χ3n) is 4.90. The number of carboxylic acid groups (broad SMARTS) is 1. The summed E-state index contributed by atoms with van der Waals surface area (Å²) in [4.78, 5) is 20.1. The van der Waals surface area contributed by atoms with Gasteiger partial charge in [0.05, 0.1) is 21.6 Å². The number of rotatable bonds is 3. The molecule has 0 bridgehead atoms. The Morgan fingerprint density at radius 2 is 2.09 bits per heavy atom. The van der Waals surface area contributed by atoms with Crippen molar-refractivity contribution in [1.82, 2.24) is 9.97 Å². The highest BCUT2D eigenvalue weighted by molar-refractivity contribution is 9.11. The minimum Gasteiger partial charge on any atom is -0.481 e. The van der Waals surface area contributed by atoms with E-state index in [-0.39, 0.29) is 11.8 Å². The molecule has 23 heavy (non-hydrogen) atoms. The number of thiazole rings is 1. The molecule has 2 aromatic rings. The van der Waals surface area contributed by atoms with Gasteiger partial charge in [0.1, 0.15) is 10.8 Å². The molecule has 2 aromatic heterocycles. The number of halogens is 2. The van der Waals surface area contributed by atoms with Crippen LogP contribution in [0.1, 0.15) is 30.9 Å². The van der Waals surface area contributed by atoms with Crippen LogP contribution in [0.5, 0.6) is 0 Å². The molecule has 0 aliphatic heterocycles. The van der Waals surface area contributed by atoms with Crippen LogP contribution >= 0.6 is 27.3 Å². The first-order valence-corrected chi connectivity index (χ1v) is 9.14. The number of carboxylic acids is 1. The van der Waals surface area contributed by atoms with Crippen LogP contribution in [0, 0.1) is 23.6 Å². The Bertz CT molecular complexity index is 781. The Kier molecular flexibility index (Phi) is 3.72. The first kappa shape index (κ1) is 15.2. The molecule has 2 aliphatic carbocycles. The quantitative estimate of drug-likeness (QED) is 0.838. The molecule has 0 radical (unpaired) electrons. The highest BCUT2D eigenvalue weighted by Gasteiger charge is 2.50. The van der Waals surface area contributed by atoms with Crippen LogP contribution in [0.25, 0.3) is 10.6 Å². The molecular weight excluding hydrogens is 383 g/mol. The molecule has 2 saturated carbocycles. The maximum absolute atomic E-state index is 13.4. The van der Waals surface area contributed by atoms with E-state index in [4.69, 9.17) is 0 Å². The van der Waals surface area contributed by atoms with Crippen molar-refractivity contribution in [3.05, 3.63) is 33.8 Å². The summed E-state index contributed by atoms with van der Waals surface area (Å²) < 4.78 is 14.2. The number of nitrogens with zero attached hydrogens (tertiary/aromatic N) is 2. The van der Waals surface area contributed by atoms with E-state index in [1.807, 2.05) is 0 Å². The van der Waals surface area contributed by atoms with Gasteiger partial charge < -0.3 is 5.11 Å². The van der Waals surface area contributed by atoms with Crippen LogP contribution in [0.2, 0.25) is 0 Å². The average Bonchev–Trinajstić information content (AvgIpc) is 3.18. The van der Waals surface area contributed by atoms with E-state index >= 15 is 0 Å². The third kappa shape index (κ3) is 2.80. The molecular formula is C16H14BrFN2O2S. The van der Waals surface area contributed by atoms with Gasteiger partial charge >= 0.3 is 5.97 Å². The highest BCUT2D eigenvalue weighted by Crippen LogP contribution is 2.57. The smallest absolute Gasteiger partial charge is 0.307 e. The van der Waals surface area contributed by atoms with Crippen LogP contribution in [0.15, 0.2) is 22.2 Å². The summed E-state index contributed by atoms with van der Waals surface area (Å²) in [6.07, 6.45) is 5.49. The van der Waals surface area contributed by atoms with Crippen molar-refractivity contribution in [2.24, 2.45) is 17.8 Å². The Labute approximate surface area is 144 Å². The number of carbonyl (C=O) groups is 1. The van der Waals surface area contributed by atoms with E-state index in [9.17, 15) is 14.3 Å². The van der Waals surface area contributed by atoms with Crippen LogP contribution in [0.4, 0.5) is 4.39 Å². The molecule has 0 saturated heterocycles. The predicted octanol–water partition coefficient (Wildman–Crippen LogP) is 4.32. The van der Waals surface area contributed by atoms with Gasteiger partial charge in [-0.1, -0.05) is 0 Å². The zero-order chi connectivity index (χ0) is 16.1. The summed E-state index contributed by atoms with van der Waals surface area (Å²) in [5, 5.41) is 10.2. The molecule has 120 valence electrons. The summed E-state index contributed by atoms with van der Waals surface area (Å²) in [5.41, 5.74) is 1.42. The normalized spacial score (nSPS) is 29.1. The second kappa shape index (κ2) is 5.63. The van der Waals surface area contributed by atoms with Crippen LogP contribution in [0.3, 0.4) is 0 Å². The van der Waals surface area contributed by atoms with Crippen LogP contribution in [-0.4, -0.2) is 21.0 Å². The number of hydrogen-bond acceptors (Lipinski definition) is 4. The van der Waals surface area contributed by atoms with E-state index in [0.29, 0.717) is 22.4 Å². The number of pyridine rings is 1. The summed E-state index contributed by atoms with van der Waals surface area (Å²) in [5.74, 6) is -0.376. The third-order valence-corrected chi connectivity index (χ3v) is 6.70. The average molecular weight is 397 g/mol. The lowest BCUT2D eigenvalue weighted by molar-refractivity contribution is -0.143. The van der Waals surface area contributed by atoms with Gasteiger partial charge in [0.2, 0.25) is 0 Å². The van der Waals surface area contributed by atoms with Gasteiger partial charge in [-0.2, -0.15) is 0 Å². The maximum Gasteiger partial charge on any atom is 0.307 e. The Morgan fingerprint density at radius 3 is 2.83 bits per heavy atom. The lowest BCUT2D eigenvalue weighted by Gasteiger charge is -2.27. The van der Waals surface area contributed by atoms with Gasteiger partial charge in [0.15, 0.2) is 0 Å². The minimum absolute atomic E-state index is 0.0721. The molecule has 0 aromatic carbocycles. The van der Waals surface area contributed by atoms with E-state index in [1.165, 1.54) is 17.4 Å². The van der Waals surface area contributed by atoms with Gasteiger partial charge in [-0.25, -0.2) is 9.37 Å². The Hall–Kier alpha value is -1.34. The molecule has 4 nitrogen and oxygen atoms in total. The van der Waals surface area contributed by atoms with Gasteiger partial charge in [-0.3, -0.25) is 9.78 Å². The number of fused-ring (bicyclic) bond motifs is 1. The van der Waals surface area contributed by atoms with Crippen molar-refractivity contribution in [2.75, 3.05) is 0 Å². The fraction of sp³-hybridized carbons (Fsp3) is 0.438. The molecule has 2 fully saturated rings. The molecule has 7 heteroatoms. The first-order valence-electron chi connectivity index (χ1n) is 7.53. The first-order chi connectivity index (χ1) is 11.0. The highest BCUT2D eigenvalue weighted by atomic mass is 79.9. The largest absolute Gasteiger partial charge is 0.481 e. The van der Waals surface area contributed by atoms with Crippen molar-refractivity contribution in [3.8, 4) is 10.6 Å². The fourth-order valence-electron chi connectivity index (χ4n) is 3.64. The van der Waals surface area contributed by atoms with E-state index in [0.717, 1.165) is 34.9 Å². The molecule has 0 amide bonds. The molecule has 4 rings (SSSR count). The van der Waals surface area contributed by atoms with Crippen molar-refractivity contribution in [1.29, 1.82) is 0 Å². The zero-order valence-electron chi connectivity index (χ0n) is 12.1.